The largest absolute Gasteiger partial charge is 0.497 e. The van der Waals surface area contributed by atoms with E-state index in [4.69, 9.17) is 18.9 Å². The van der Waals surface area contributed by atoms with Crippen LogP contribution in [0.2, 0.25) is 0 Å². The standard InChI is InChI=1S/C24H27NO5/c1-27-18-7-9-21(28-2)17(14-18)15-23-24(26)20-8-6-19(16-22(20)30-23)29-13-5-12-25-10-3-4-11-25/h6-9,14-16H,3-5,10-13H2,1-2H3/b23-15-. The first-order valence-electron chi connectivity index (χ1n) is 10.3. The highest BCUT2D eigenvalue weighted by molar-refractivity contribution is 6.14. The van der Waals surface area contributed by atoms with Gasteiger partial charge in [0.1, 0.15) is 23.0 Å². The summed E-state index contributed by atoms with van der Waals surface area (Å²) in [4.78, 5) is 15.2. The second-order valence-electron chi connectivity index (χ2n) is 7.46. The first-order valence-corrected chi connectivity index (χ1v) is 10.3. The predicted octanol–water partition coefficient (Wildman–Crippen LogP) is 4.18. The molecule has 0 aliphatic carbocycles. The molecule has 0 spiro atoms. The molecule has 30 heavy (non-hydrogen) atoms. The number of ketones is 1. The van der Waals surface area contributed by atoms with Crippen molar-refractivity contribution in [3.63, 3.8) is 0 Å². The van der Waals surface area contributed by atoms with Crippen LogP contribution in [0, 0.1) is 0 Å². The van der Waals surface area contributed by atoms with Gasteiger partial charge in [-0.3, -0.25) is 4.79 Å². The third kappa shape index (κ3) is 4.44. The number of carbonyl (C=O) groups is 1. The summed E-state index contributed by atoms with van der Waals surface area (Å²) < 4.78 is 22.4. The minimum Gasteiger partial charge on any atom is -0.497 e. The number of carbonyl (C=O) groups excluding carboxylic acids is 1. The second-order valence-corrected chi connectivity index (χ2v) is 7.46. The van der Waals surface area contributed by atoms with Gasteiger partial charge in [-0.15, -0.1) is 0 Å². The van der Waals surface area contributed by atoms with Gasteiger partial charge in [-0.1, -0.05) is 0 Å². The van der Waals surface area contributed by atoms with Gasteiger partial charge in [0.15, 0.2) is 5.76 Å². The molecule has 158 valence electrons. The Kier molecular flexibility index (Phi) is 6.23. The molecule has 0 radical (unpaired) electrons. The van der Waals surface area contributed by atoms with Crippen molar-refractivity contribution in [2.75, 3.05) is 40.5 Å². The smallest absolute Gasteiger partial charge is 0.231 e. The Hall–Kier alpha value is -2.99. The van der Waals surface area contributed by atoms with E-state index >= 15 is 0 Å². The third-order valence-corrected chi connectivity index (χ3v) is 5.45. The molecule has 0 amide bonds. The van der Waals surface area contributed by atoms with Crippen LogP contribution in [0.3, 0.4) is 0 Å². The molecule has 4 rings (SSSR count). The van der Waals surface area contributed by atoms with E-state index in [1.807, 2.05) is 6.07 Å². The van der Waals surface area contributed by atoms with E-state index in [0.717, 1.165) is 13.0 Å². The van der Waals surface area contributed by atoms with Crippen molar-refractivity contribution in [2.45, 2.75) is 19.3 Å². The molecule has 2 aliphatic heterocycles. The lowest BCUT2D eigenvalue weighted by Crippen LogP contribution is -2.21. The van der Waals surface area contributed by atoms with Crippen molar-refractivity contribution >= 4 is 11.9 Å². The van der Waals surface area contributed by atoms with E-state index in [9.17, 15) is 4.79 Å². The molecular weight excluding hydrogens is 382 g/mol. The molecule has 0 N–H and O–H groups in total. The van der Waals surface area contributed by atoms with Gasteiger partial charge < -0.3 is 23.8 Å². The van der Waals surface area contributed by atoms with Crippen molar-refractivity contribution in [3.8, 4) is 23.0 Å². The van der Waals surface area contributed by atoms with E-state index in [2.05, 4.69) is 4.90 Å². The predicted molar refractivity (Wildman–Crippen MR) is 115 cm³/mol. The minimum atomic E-state index is -0.157. The van der Waals surface area contributed by atoms with Crippen molar-refractivity contribution in [1.29, 1.82) is 0 Å². The molecule has 2 aromatic carbocycles. The zero-order valence-electron chi connectivity index (χ0n) is 17.5. The molecule has 1 saturated heterocycles. The molecule has 0 atom stereocenters. The van der Waals surface area contributed by atoms with Gasteiger partial charge in [-0.05, 0) is 68.8 Å². The summed E-state index contributed by atoms with van der Waals surface area (Å²) in [5, 5.41) is 0. The molecule has 0 aromatic heterocycles. The number of benzene rings is 2. The van der Waals surface area contributed by atoms with Crippen LogP contribution in [0.25, 0.3) is 6.08 Å². The normalized spacial score (nSPS) is 17.1. The summed E-state index contributed by atoms with van der Waals surface area (Å²) in [5.74, 6) is 2.64. The number of Topliss-reactive ketones (excluding diaryl/α,β-unsaturated/α-hetero) is 1. The van der Waals surface area contributed by atoms with Crippen LogP contribution in [-0.4, -0.2) is 51.1 Å². The Bertz CT molecular complexity index is 947. The lowest BCUT2D eigenvalue weighted by atomic mass is 10.1. The van der Waals surface area contributed by atoms with Crippen LogP contribution in [0.1, 0.15) is 35.2 Å². The van der Waals surface area contributed by atoms with Crippen LogP contribution in [0.15, 0.2) is 42.2 Å². The Balaban J connectivity index is 1.43. The number of fused-ring (bicyclic) bond motifs is 1. The molecule has 2 aromatic rings. The summed E-state index contributed by atoms with van der Waals surface area (Å²) in [7, 11) is 3.18. The van der Waals surface area contributed by atoms with Gasteiger partial charge in [-0.25, -0.2) is 0 Å². The fourth-order valence-electron chi connectivity index (χ4n) is 3.83. The quantitative estimate of drug-likeness (QED) is 0.481. The SMILES string of the molecule is COc1ccc(OC)c(/C=C2\Oc3cc(OCCCN4CCCC4)ccc3C2=O)c1. The highest BCUT2D eigenvalue weighted by atomic mass is 16.5. The summed E-state index contributed by atoms with van der Waals surface area (Å²) in [6, 6.07) is 10.8. The Morgan fingerprint density at radius 1 is 1.03 bits per heavy atom. The highest BCUT2D eigenvalue weighted by Gasteiger charge is 2.28. The second kappa shape index (κ2) is 9.22. The van der Waals surface area contributed by atoms with E-state index in [1.165, 1.54) is 25.9 Å². The molecule has 0 unspecified atom stereocenters. The van der Waals surface area contributed by atoms with Crippen molar-refractivity contribution in [2.24, 2.45) is 0 Å². The summed E-state index contributed by atoms with van der Waals surface area (Å²) in [6.45, 7) is 4.10. The number of nitrogens with zero attached hydrogens (tertiary/aromatic N) is 1. The topological polar surface area (TPSA) is 57.2 Å². The van der Waals surface area contributed by atoms with Gasteiger partial charge in [0, 0.05) is 18.2 Å². The maximum atomic E-state index is 12.8. The maximum Gasteiger partial charge on any atom is 0.231 e. The van der Waals surface area contributed by atoms with E-state index in [0.29, 0.717) is 40.7 Å². The fourth-order valence-corrected chi connectivity index (χ4v) is 3.83. The maximum absolute atomic E-state index is 12.8. The molecular formula is C24H27NO5. The average molecular weight is 409 g/mol. The molecule has 0 bridgehead atoms. The lowest BCUT2D eigenvalue weighted by Gasteiger charge is -2.14. The summed E-state index contributed by atoms with van der Waals surface area (Å²) in [5.41, 5.74) is 1.25. The Morgan fingerprint density at radius 3 is 2.60 bits per heavy atom. The van der Waals surface area contributed by atoms with Crippen LogP contribution in [0.5, 0.6) is 23.0 Å². The van der Waals surface area contributed by atoms with Crippen LogP contribution in [0.4, 0.5) is 0 Å². The van der Waals surface area contributed by atoms with Crippen LogP contribution in [-0.2, 0) is 0 Å². The van der Waals surface area contributed by atoms with E-state index in [1.54, 1.807) is 50.6 Å². The molecule has 2 heterocycles. The van der Waals surface area contributed by atoms with Gasteiger partial charge in [0.25, 0.3) is 0 Å². The van der Waals surface area contributed by atoms with Crippen LogP contribution < -0.4 is 18.9 Å². The molecule has 1 fully saturated rings. The summed E-state index contributed by atoms with van der Waals surface area (Å²) in [6.07, 6.45) is 5.26. The van der Waals surface area contributed by atoms with Crippen molar-refractivity contribution in [1.82, 2.24) is 4.90 Å². The molecule has 6 heteroatoms. The number of ether oxygens (including phenoxy) is 4. The minimum absolute atomic E-state index is 0.157. The Morgan fingerprint density at radius 2 is 1.83 bits per heavy atom. The molecule has 6 nitrogen and oxygen atoms in total. The van der Waals surface area contributed by atoms with Gasteiger partial charge in [0.2, 0.25) is 5.78 Å². The first-order chi connectivity index (χ1) is 14.7. The number of hydrogen-bond acceptors (Lipinski definition) is 6. The lowest BCUT2D eigenvalue weighted by molar-refractivity contribution is 0.101. The fraction of sp³-hybridized carbons (Fsp3) is 0.375. The highest BCUT2D eigenvalue weighted by Crippen LogP contribution is 2.36. The third-order valence-electron chi connectivity index (χ3n) is 5.45. The molecule has 0 saturated carbocycles. The molecule has 2 aliphatic rings. The number of methoxy groups -OCH3 is 2. The zero-order valence-corrected chi connectivity index (χ0v) is 17.5. The van der Waals surface area contributed by atoms with Crippen molar-refractivity contribution in [3.05, 3.63) is 53.3 Å². The summed E-state index contributed by atoms with van der Waals surface area (Å²) >= 11 is 0. The van der Waals surface area contributed by atoms with Gasteiger partial charge >= 0.3 is 0 Å². The average Bonchev–Trinajstić information content (AvgIpc) is 3.39. The number of likely N-dealkylation sites (tertiary alicyclic amines) is 1. The Labute approximate surface area is 177 Å². The number of rotatable bonds is 8. The monoisotopic (exact) mass is 409 g/mol. The first kappa shape index (κ1) is 20.3. The number of hydrogen-bond donors (Lipinski definition) is 0. The zero-order chi connectivity index (χ0) is 20.9. The van der Waals surface area contributed by atoms with Crippen molar-refractivity contribution < 1.29 is 23.7 Å². The van der Waals surface area contributed by atoms with Gasteiger partial charge in [0.05, 0.1) is 26.4 Å². The van der Waals surface area contributed by atoms with E-state index in [-0.39, 0.29) is 11.5 Å². The van der Waals surface area contributed by atoms with Crippen LogP contribution >= 0.6 is 0 Å². The van der Waals surface area contributed by atoms with E-state index < -0.39 is 0 Å². The number of allylic oxidation sites excluding steroid dienone is 1. The van der Waals surface area contributed by atoms with Gasteiger partial charge in [-0.2, -0.15) is 0 Å².